The Morgan fingerprint density at radius 3 is 2.75 bits per heavy atom. The van der Waals surface area contributed by atoms with E-state index < -0.39 is 40.7 Å². The van der Waals surface area contributed by atoms with E-state index in [1.807, 2.05) is 0 Å². The highest BCUT2D eigenvalue weighted by Gasteiger charge is 2.33. The van der Waals surface area contributed by atoms with Gasteiger partial charge in [-0.05, 0) is 18.9 Å². The number of benzene rings is 1. The van der Waals surface area contributed by atoms with Crippen LogP contribution < -0.4 is 0 Å². The van der Waals surface area contributed by atoms with Crippen LogP contribution in [-0.2, 0) is 0 Å². The van der Waals surface area contributed by atoms with E-state index in [1.54, 1.807) is 0 Å². The van der Waals surface area contributed by atoms with E-state index >= 15 is 0 Å². The van der Waals surface area contributed by atoms with Crippen LogP contribution in [0.2, 0.25) is 0 Å². The third kappa shape index (κ3) is 2.81. The Hall–Kier alpha value is -2.58. The van der Waals surface area contributed by atoms with Gasteiger partial charge < -0.3 is 14.5 Å². The molecule has 0 unspecified atom stereocenters. The highest BCUT2D eigenvalue weighted by molar-refractivity contribution is 5.95. The summed E-state index contributed by atoms with van der Waals surface area (Å²) in [5, 5.41) is 13.0. The van der Waals surface area contributed by atoms with Gasteiger partial charge in [0.2, 0.25) is 12.2 Å². The van der Waals surface area contributed by atoms with Crippen molar-refractivity contribution in [3.05, 3.63) is 41.3 Å². The zero-order chi connectivity index (χ0) is 17.3. The van der Waals surface area contributed by atoms with Crippen LogP contribution in [0.1, 0.15) is 47.9 Å². The number of halogens is 3. The Morgan fingerprint density at radius 2 is 2.04 bits per heavy atom. The summed E-state index contributed by atoms with van der Waals surface area (Å²) in [5.74, 6) is -6.83. The van der Waals surface area contributed by atoms with Crippen molar-refractivity contribution in [2.45, 2.75) is 31.7 Å². The fraction of sp³-hybridized carbons (Fsp3) is 0.400. The van der Waals surface area contributed by atoms with Gasteiger partial charge in [-0.2, -0.15) is 9.37 Å². The number of amides is 1. The normalized spacial score (nSPS) is 18.5. The number of likely N-dealkylation sites (tertiary alicyclic amines) is 1. The molecule has 2 heterocycles. The van der Waals surface area contributed by atoms with Crippen molar-refractivity contribution in [2.75, 3.05) is 6.54 Å². The first-order valence-corrected chi connectivity index (χ1v) is 7.44. The lowest BCUT2D eigenvalue weighted by Crippen LogP contribution is -2.36. The molecule has 1 N–H and O–H groups in total. The maximum Gasteiger partial charge on any atom is 0.257 e. The Kier molecular flexibility index (Phi) is 4.41. The number of rotatable bonds is 2. The van der Waals surface area contributed by atoms with Crippen LogP contribution in [-0.4, -0.2) is 32.6 Å². The molecule has 3 rings (SSSR count). The predicted octanol–water partition coefficient (Wildman–Crippen LogP) is 2.95. The van der Waals surface area contributed by atoms with E-state index in [2.05, 4.69) is 10.1 Å². The van der Waals surface area contributed by atoms with Crippen molar-refractivity contribution in [2.24, 2.45) is 0 Å². The predicted molar refractivity (Wildman–Crippen MR) is 74.5 cm³/mol. The summed E-state index contributed by atoms with van der Waals surface area (Å²) in [4.78, 5) is 17.9. The second kappa shape index (κ2) is 6.50. The van der Waals surface area contributed by atoms with E-state index in [1.165, 1.54) is 4.90 Å². The van der Waals surface area contributed by atoms with Gasteiger partial charge in [0.25, 0.3) is 5.91 Å². The van der Waals surface area contributed by atoms with Gasteiger partial charge in [-0.3, -0.25) is 4.79 Å². The molecule has 2 aromatic rings. The molecule has 1 aromatic carbocycles. The van der Waals surface area contributed by atoms with Crippen LogP contribution in [0.25, 0.3) is 0 Å². The maximum atomic E-state index is 14.1. The molecule has 1 saturated heterocycles. The van der Waals surface area contributed by atoms with E-state index in [0.717, 1.165) is 19.2 Å². The summed E-state index contributed by atoms with van der Waals surface area (Å²) in [5.41, 5.74) is -0.734. The van der Waals surface area contributed by atoms with E-state index in [0.29, 0.717) is 18.9 Å². The van der Waals surface area contributed by atoms with Crippen molar-refractivity contribution >= 4 is 5.91 Å². The highest BCUT2D eigenvalue weighted by Crippen LogP contribution is 2.32. The van der Waals surface area contributed by atoms with E-state index in [4.69, 9.17) is 4.52 Å². The van der Waals surface area contributed by atoms with Crippen molar-refractivity contribution in [3.8, 4) is 5.75 Å². The molecular weight excluding hydrogens is 327 g/mol. The molecule has 1 atom stereocenters. The molecule has 1 aliphatic rings. The number of nitrogens with zero attached hydrogens (tertiary/aromatic N) is 3. The molecule has 1 fully saturated rings. The molecule has 1 aromatic heterocycles. The zero-order valence-electron chi connectivity index (χ0n) is 12.5. The number of hydrogen-bond acceptors (Lipinski definition) is 5. The fourth-order valence-electron chi connectivity index (χ4n) is 2.85. The molecule has 24 heavy (non-hydrogen) atoms. The van der Waals surface area contributed by atoms with Crippen molar-refractivity contribution in [3.63, 3.8) is 0 Å². The van der Waals surface area contributed by atoms with E-state index in [9.17, 15) is 23.1 Å². The second-order valence-electron chi connectivity index (χ2n) is 5.54. The molecule has 9 heteroatoms. The monoisotopic (exact) mass is 341 g/mol. The third-order valence-corrected chi connectivity index (χ3v) is 4.05. The Balaban J connectivity index is 2.00. The van der Waals surface area contributed by atoms with Gasteiger partial charge in [0.05, 0.1) is 11.6 Å². The quantitative estimate of drug-likeness (QED) is 0.850. The van der Waals surface area contributed by atoms with Crippen LogP contribution >= 0.6 is 0 Å². The minimum atomic E-state index is -1.73. The first-order valence-electron chi connectivity index (χ1n) is 7.44. The summed E-state index contributed by atoms with van der Waals surface area (Å²) < 4.78 is 45.5. The average Bonchev–Trinajstić information content (AvgIpc) is 3.00. The molecular formula is C15H14F3N3O3. The van der Waals surface area contributed by atoms with Gasteiger partial charge in [-0.25, -0.2) is 8.78 Å². The molecule has 1 amide bonds. The highest BCUT2D eigenvalue weighted by atomic mass is 19.2. The molecule has 128 valence electrons. The number of phenols is 1. The van der Waals surface area contributed by atoms with Gasteiger partial charge in [0, 0.05) is 6.54 Å². The second-order valence-corrected chi connectivity index (χ2v) is 5.54. The minimum Gasteiger partial charge on any atom is -0.503 e. The summed E-state index contributed by atoms with van der Waals surface area (Å²) in [6, 6.07) is -0.112. The molecule has 0 radical (unpaired) electrons. The SMILES string of the molecule is O=C(c1cc(F)c(F)c(O)c1F)N1CCCCC[C@@H]1c1ncon1. The summed E-state index contributed by atoms with van der Waals surface area (Å²) >= 11 is 0. The van der Waals surface area contributed by atoms with Gasteiger partial charge in [0.15, 0.2) is 23.2 Å². The number of phenolic OH excluding ortho intramolecular Hbond substituents is 1. The van der Waals surface area contributed by atoms with Gasteiger partial charge in [-0.15, -0.1) is 0 Å². The van der Waals surface area contributed by atoms with Gasteiger partial charge >= 0.3 is 0 Å². The number of hydrogen-bond donors (Lipinski definition) is 1. The largest absolute Gasteiger partial charge is 0.503 e. The lowest BCUT2D eigenvalue weighted by Gasteiger charge is -2.28. The van der Waals surface area contributed by atoms with Crippen LogP contribution in [0, 0.1) is 17.5 Å². The Bertz CT molecular complexity index is 752. The third-order valence-electron chi connectivity index (χ3n) is 4.05. The number of carbonyl (C=O) groups excluding carboxylic acids is 1. The number of carbonyl (C=O) groups is 1. The molecule has 0 spiro atoms. The van der Waals surface area contributed by atoms with Crippen molar-refractivity contribution in [1.82, 2.24) is 15.0 Å². The average molecular weight is 341 g/mol. The first-order chi connectivity index (χ1) is 11.5. The van der Waals surface area contributed by atoms with Crippen LogP contribution in [0.15, 0.2) is 17.0 Å². The molecule has 6 nitrogen and oxygen atoms in total. The minimum absolute atomic E-state index is 0.262. The molecule has 0 bridgehead atoms. The number of aromatic nitrogens is 2. The topological polar surface area (TPSA) is 79.5 Å². The van der Waals surface area contributed by atoms with Crippen LogP contribution in [0.3, 0.4) is 0 Å². The van der Waals surface area contributed by atoms with Crippen LogP contribution in [0.5, 0.6) is 5.75 Å². The van der Waals surface area contributed by atoms with E-state index in [-0.39, 0.29) is 12.4 Å². The maximum absolute atomic E-state index is 14.1. The standard InChI is InChI=1S/C15H14F3N3O3/c16-9-6-8(11(17)13(22)12(9)18)15(23)21-5-3-1-2-4-10(21)14-19-7-24-20-14/h6-7,10,22H,1-5H2/t10-/m1/s1. The molecule has 1 aliphatic heterocycles. The van der Waals surface area contributed by atoms with Gasteiger partial charge in [0.1, 0.15) is 0 Å². The smallest absolute Gasteiger partial charge is 0.257 e. The van der Waals surface area contributed by atoms with Crippen molar-refractivity contribution < 1.29 is 27.6 Å². The Labute approximate surface area is 134 Å². The van der Waals surface area contributed by atoms with Crippen molar-refractivity contribution in [1.29, 1.82) is 0 Å². The molecule has 0 saturated carbocycles. The first kappa shape index (κ1) is 16.3. The van der Waals surface area contributed by atoms with Gasteiger partial charge in [-0.1, -0.05) is 18.0 Å². The lowest BCUT2D eigenvalue weighted by atomic mass is 10.1. The Morgan fingerprint density at radius 1 is 1.25 bits per heavy atom. The zero-order valence-corrected chi connectivity index (χ0v) is 12.5. The van der Waals surface area contributed by atoms with Crippen LogP contribution in [0.4, 0.5) is 13.2 Å². The molecule has 0 aliphatic carbocycles. The summed E-state index contributed by atoms with van der Waals surface area (Å²) in [6.07, 6.45) is 3.96. The summed E-state index contributed by atoms with van der Waals surface area (Å²) in [7, 11) is 0. The number of aromatic hydroxyl groups is 1. The lowest BCUT2D eigenvalue weighted by molar-refractivity contribution is 0.0663. The fourth-order valence-corrected chi connectivity index (χ4v) is 2.85. The summed E-state index contributed by atoms with van der Waals surface area (Å²) in [6.45, 7) is 0.275.